The highest BCUT2D eigenvalue weighted by Crippen LogP contribution is 2.30. The molecule has 0 radical (unpaired) electrons. The molecule has 12 heteroatoms. The molecule has 32 heavy (non-hydrogen) atoms. The van der Waals surface area contributed by atoms with Gasteiger partial charge >= 0.3 is 6.18 Å². The molecule has 2 aromatic carbocycles. The first kappa shape index (κ1) is 24.1. The number of rotatable bonds is 5. The molecule has 1 heterocycles. The van der Waals surface area contributed by atoms with E-state index in [-0.39, 0.29) is 15.7 Å². The van der Waals surface area contributed by atoms with Gasteiger partial charge in [-0.3, -0.25) is 5.43 Å². The number of nitrogens with zero attached hydrogens (tertiary/aromatic N) is 2. The number of hydrogen-bond donors (Lipinski definition) is 2. The van der Waals surface area contributed by atoms with Gasteiger partial charge in [0.25, 0.3) is 0 Å². The van der Waals surface area contributed by atoms with Gasteiger partial charge < -0.3 is 10.1 Å². The number of anilines is 1. The Morgan fingerprint density at radius 1 is 1.12 bits per heavy atom. The van der Waals surface area contributed by atoms with Crippen LogP contribution in [-0.4, -0.2) is 49.9 Å². The van der Waals surface area contributed by atoms with Crippen LogP contribution in [-0.2, 0) is 20.9 Å². The SMILES string of the molecule is C/C(=N\NC(=S)Nc1cccc(C(F)(F)F)c1)c1ccc(S(=O)(=O)N2CCOCC2)cc1. The quantitative estimate of drug-likeness (QED) is 0.383. The first-order valence-electron chi connectivity index (χ1n) is 9.54. The standard InChI is InChI=1S/C20H21F3N4O3S2/c1-14(25-26-19(31)24-17-4-2-3-16(13-17)20(21,22)23)15-5-7-18(8-6-15)32(28,29)27-9-11-30-12-10-27/h2-8,13H,9-12H2,1H3,(H2,24,26,31)/b25-14+. The number of nitrogens with one attached hydrogen (secondary N) is 2. The lowest BCUT2D eigenvalue weighted by atomic mass is 10.1. The van der Waals surface area contributed by atoms with E-state index in [0.717, 1.165) is 12.1 Å². The molecule has 2 aromatic rings. The van der Waals surface area contributed by atoms with Gasteiger partial charge in [0, 0.05) is 18.8 Å². The Bertz CT molecular complexity index is 1100. The van der Waals surface area contributed by atoms with Gasteiger partial charge in [-0.1, -0.05) is 18.2 Å². The average molecular weight is 487 g/mol. The van der Waals surface area contributed by atoms with Crippen molar-refractivity contribution in [2.45, 2.75) is 18.0 Å². The van der Waals surface area contributed by atoms with Gasteiger partial charge in [0.05, 0.1) is 29.4 Å². The number of ether oxygens (including phenoxy) is 1. The van der Waals surface area contributed by atoms with Crippen molar-refractivity contribution in [3.8, 4) is 0 Å². The van der Waals surface area contributed by atoms with Crippen molar-refractivity contribution in [1.29, 1.82) is 0 Å². The molecule has 0 spiro atoms. The van der Waals surface area contributed by atoms with Crippen molar-refractivity contribution in [3.63, 3.8) is 0 Å². The van der Waals surface area contributed by atoms with Gasteiger partial charge in [-0.25, -0.2) is 8.42 Å². The Labute approximate surface area is 189 Å². The lowest BCUT2D eigenvalue weighted by Gasteiger charge is -2.26. The number of halogens is 3. The Morgan fingerprint density at radius 3 is 2.41 bits per heavy atom. The number of morpholine rings is 1. The molecular weight excluding hydrogens is 465 g/mol. The van der Waals surface area contributed by atoms with Crippen molar-refractivity contribution >= 4 is 38.8 Å². The molecule has 0 saturated carbocycles. The molecule has 2 N–H and O–H groups in total. The monoisotopic (exact) mass is 486 g/mol. The predicted molar refractivity (Wildman–Crippen MR) is 119 cm³/mol. The highest BCUT2D eigenvalue weighted by molar-refractivity contribution is 7.89. The Hall–Kier alpha value is -2.54. The smallest absolute Gasteiger partial charge is 0.379 e. The zero-order valence-corrected chi connectivity index (χ0v) is 18.6. The minimum Gasteiger partial charge on any atom is -0.379 e. The zero-order chi connectivity index (χ0) is 23.4. The molecule has 1 aliphatic rings. The maximum absolute atomic E-state index is 12.8. The number of hydrazone groups is 1. The summed E-state index contributed by atoms with van der Waals surface area (Å²) in [4.78, 5) is 0.172. The highest BCUT2D eigenvalue weighted by Gasteiger charge is 2.30. The fourth-order valence-electron chi connectivity index (χ4n) is 2.94. The summed E-state index contributed by atoms with van der Waals surface area (Å²) in [7, 11) is -3.59. The molecule has 172 valence electrons. The van der Waals surface area contributed by atoms with Crippen LogP contribution in [0.3, 0.4) is 0 Å². The first-order valence-corrected chi connectivity index (χ1v) is 11.4. The third-order valence-corrected chi connectivity index (χ3v) is 6.76. The molecule has 0 bridgehead atoms. The van der Waals surface area contributed by atoms with Crippen molar-refractivity contribution in [3.05, 3.63) is 59.7 Å². The minimum atomic E-state index is -4.46. The number of hydrogen-bond acceptors (Lipinski definition) is 5. The van der Waals surface area contributed by atoms with E-state index in [4.69, 9.17) is 17.0 Å². The van der Waals surface area contributed by atoms with E-state index in [9.17, 15) is 21.6 Å². The Balaban J connectivity index is 1.63. The second-order valence-electron chi connectivity index (χ2n) is 6.88. The van der Waals surface area contributed by atoms with Crippen LogP contribution >= 0.6 is 12.2 Å². The van der Waals surface area contributed by atoms with E-state index in [1.807, 2.05) is 0 Å². The van der Waals surface area contributed by atoms with E-state index >= 15 is 0 Å². The summed E-state index contributed by atoms with van der Waals surface area (Å²) in [6, 6.07) is 10.9. The molecule has 1 aliphatic heterocycles. The van der Waals surface area contributed by atoms with E-state index in [1.54, 1.807) is 19.1 Å². The minimum absolute atomic E-state index is 0.00944. The summed E-state index contributed by atoms with van der Waals surface area (Å²) in [5.74, 6) is 0. The largest absolute Gasteiger partial charge is 0.416 e. The summed E-state index contributed by atoms with van der Waals surface area (Å²) in [5.41, 5.74) is 3.11. The second-order valence-corrected chi connectivity index (χ2v) is 9.23. The van der Waals surface area contributed by atoms with Gasteiger partial charge in [-0.2, -0.15) is 22.6 Å². The van der Waals surface area contributed by atoms with E-state index in [0.29, 0.717) is 37.6 Å². The zero-order valence-electron chi connectivity index (χ0n) is 17.0. The second kappa shape index (κ2) is 9.94. The van der Waals surface area contributed by atoms with E-state index in [2.05, 4.69) is 15.8 Å². The van der Waals surface area contributed by atoms with Gasteiger partial charge in [-0.15, -0.1) is 0 Å². The molecule has 0 aromatic heterocycles. The fraction of sp³-hybridized carbons (Fsp3) is 0.300. The summed E-state index contributed by atoms with van der Waals surface area (Å²) in [5, 5.41) is 6.76. The average Bonchev–Trinajstić information content (AvgIpc) is 2.78. The van der Waals surface area contributed by atoms with Crippen LogP contribution < -0.4 is 10.7 Å². The van der Waals surface area contributed by atoms with Gasteiger partial charge in [0.15, 0.2) is 5.11 Å². The van der Waals surface area contributed by atoms with Crippen LogP contribution in [0.4, 0.5) is 18.9 Å². The summed E-state index contributed by atoms with van der Waals surface area (Å²) >= 11 is 5.08. The summed E-state index contributed by atoms with van der Waals surface area (Å²) < 4.78 is 70.4. The molecule has 0 aliphatic carbocycles. The fourth-order valence-corrected chi connectivity index (χ4v) is 4.51. The predicted octanol–water partition coefficient (Wildman–Crippen LogP) is 3.44. The molecular formula is C20H21F3N4O3S2. The molecule has 1 saturated heterocycles. The van der Waals surface area contributed by atoms with E-state index in [1.165, 1.54) is 28.6 Å². The Morgan fingerprint density at radius 2 is 1.78 bits per heavy atom. The third kappa shape index (κ3) is 6.03. The first-order chi connectivity index (χ1) is 15.1. The molecule has 0 amide bonds. The van der Waals surface area contributed by atoms with Crippen LogP contribution in [0.2, 0.25) is 0 Å². The lowest BCUT2D eigenvalue weighted by Crippen LogP contribution is -2.40. The van der Waals surface area contributed by atoms with Crippen molar-refractivity contribution in [2.24, 2.45) is 5.10 Å². The summed E-state index contributed by atoms with van der Waals surface area (Å²) in [6.07, 6.45) is -4.46. The molecule has 3 rings (SSSR count). The molecule has 1 fully saturated rings. The van der Waals surface area contributed by atoms with Crippen LogP contribution in [0.15, 0.2) is 58.5 Å². The number of alkyl halides is 3. The van der Waals surface area contributed by atoms with Crippen LogP contribution in [0, 0.1) is 0 Å². The van der Waals surface area contributed by atoms with Crippen LogP contribution in [0.1, 0.15) is 18.1 Å². The number of benzene rings is 2. The van der Waals surface area contributed by atoms with Crippen LogP contribution in [0.5, 0.6) is 0 Å². The van der Waals surface area contributed by atoms with E-state index < -0.39 is 21.8 Å². The molecule has 0 unspecified atom stereocenters. The topological polar surface area (TPSA) is 83.0 Å². The number of sulfonamides is 1. The maximum Gasteiger partial charge on any atom is 0.416 e. The van der Waals surface area contributed by atoms with Crippen LogP contribution in [0.25, 0.3) is 0 Å². The molecule has 7 nitrogen and oxygen atoms in total. The van der Waals surface area contributed by atoms with Gasteiger partial charge in [0.1, 0.15) is 0 Å². The summed E-state index contributed by atoms with van der Waals surface area (Å²) in [6.45, 7) is 3.04. The highest BCUT2D eigenvalue weighted by atomic mass is 32.2. The third-order valence-electron chi connectivity index (χ3n) is 4.65. The van der Waals surface area contributed by atoms with Crippen molar-refractivity contribution < 1.29 is 26.3 Å². The molecule has 0 atom stereocenters. The van der Waals surface area contributed by atoms with Crippen molar-refractivity contribution in [2.75, 3.05) is 31.6 Å². The lowest BCUT2D eigenvalue weighted by molar-refractivity contribution is -0.137. The normalized spacial score (nSPS) is 15.9. The Kier molecular flexibility index (Phi) is 7.49. The van der Waals surface area contributed by atoms with Gasteiger partial charge in [0.2, 0.25) is 10.0 Å². The van der Waals surface area contributed by atoms with Crippen molar-refractivity contribution in [1.82, 2.24) is 9.73 Å². The maximum atomic E-state index is 12.8. The van der Waals surface area contributed by atoms with Gasteiger partial charge in [-0.05, 0) is 55.0 Å². The number of thiocarbonyl (C=S) groups is 1.